The Labute approximate surface area is 192 Å². The fraction of sp³-hybridized carbons (Fsp3) is 0.417. The number of hydrogen-bond donors (Lipinski definition) is 0. The number of methoxy groups -OCH3 is 1. The predicted molar refractivity (Wildman–Crippen MR) is 121 cm³/mol. The van der Waals surface area contributed by atoms with E-state index in [4.69, 9.17) is 9.47 Å². The Morgan fingerprint density at radius 2 is 1.73 bits per heavy atom. The van der Waals surface area contributed by atoms with Crippen molar-refractivity contribution in [1.82, 2.24) is 19.8 Å². The van der Waals surface area contributed by atoms with Crippen molar-refractivity contribution < 1.29 is 19.1 Å². The SMILES string of the molecule is COc1ccccc1C1=C(N2CCN(c3ncccn3)CC2)C(=O)N(CC2CCCO2)C1=O. The molecular formula is C24H27N5O4. The van der Waals surface area contributed by atoms with E-state index >= 15 is 0 Å². The average molecular weight is 450 g/mol. The Balaban J connectivity index is 1.46. The average Bonchev–Trinajstić information content (AvgIpc) is 3.47. The minimum Gasteiger partial charge on any atom is -0.496 e. The van der Waals surface area contributed by atoms with Crippen LogP contribution in [0.25, 0.3) is 5.57 Å². The molecule has 2 saturated heterocycles. The molecule has 3 aliphatic heterocycles. The molecule has 3 aliphatic rings. The van der Waals surface area contributed by atoms with Crippen LogP contribution in [0.3, 0.4) is 0 Å². The molecule has 33 heavy (non-hydrogen) atoms. The summed E-state index contributed by atoms with van der Waals surface area (Å²) in [6.07, 6.45) is 5.14. The molecule has 5 rings (SSSR count). The van der Waals surface area contributed by atoms with Gasteiger partial charge in [-0.3, -0.25) is 14.5 Å². The summed E-state index contributed by atoms with van der Waals surface area (Å²) < 4.78 is 11.3. The Bertz CT molecular complexity index is 1060. The van der Waals surface area contributed by atoms with Crippen molar-refractivity contribution in [2.75, 3.05) is 51.3 Å². The lowest BCUT2D eigenvalue weighted by Crippen LogP contribution is -2.48. The van der Waals surface area contributed by atoms with E-state index in [-0.39, 0.29) is 24.5 Å². The van der Waals surface area contributed by atoms with Gasteiger partial charge in [0.15, 0.2) is 0 Å². The van der Waals surface area contributed by atoms with Gasteiger partial charge < -0.3 is 19.3 Å². The van der Waals surface area contributed by atoms with Gasteiger partial charge in [-0.15, -0.1) is 0 Å². The van der Waals surface area contributed by atoms with Crippen LogP contribution in [-0.2, 0) is 14.3 Å². The van der Waals surface area contributed by atoms with E-state index in [0.717, 1.165) is 12.8 Å². The molecule has 0 saturated carbocycles. The Morgan fingerprint density at radius 1 is 1.00 bits per heavy atom. The number of carbonyl (C=O) groups excluding carboxylic acids is 2. The molecule has 0 N–H and O–H groups in total. The summed E-state index contributed by atoms with van der Waals surface area (Å²) in [5, 5.41) is 0. The molecular weight excluding hydrogens is 422 g/mol. The number of amides is 2. The maximum Gasteiger partial charge on any atom is 0.277 e. The topological polar surface area (TPSA) is 88.1 Å². The maximum absolute atomic E-state index is 13.6. The number of nitrogens with zero attached hydrogens (tertiary/aromatic N) is 5. The van der Waals surface area contributed by atoms with Gasteiger partial charge in [0, 0.05) is 50.7 Å². The monoisotopic (exact) mass is 449 g/mol. The third kappa shape index (κ3) is 4.04. The lowest BCUT2D eigenvalue weighted by Gasteiger charge is -2.36. The lowest BCUT2D eigenvalue weighted by atomic mass is 10.0. The molecule has 0 aliphatic carbocycles. The zero-order chi connectivity index (χ0) is 22.8. The number of piperazine rings is 1. The van der Waals surface area contributed by atoms with Gasteiger partial charge in [0.25, 0.3) is 11.8 Å². The zero-order valence-electron chi connectivity index (χ0n) is 18.6. The van der Waals surface area contributed by atoms with Crippen molar-refractivity contribution in [1.29, 1.82) is 0 Å². The summed E-state index contributed by atoms with van der Waals surface area (Å²) in [5.41, 5.74) is 1.48. The van der Waals surface area contributed by atoms with Gasteiger partial charge >= 0.3 is 0 Å². The lowest BCUT2D eigenvalue weighted by molar-refractivity contribution is -0.139. The molecule has 0 spiro atoms. The second-order valence-corrected chi connectivity index (χ2v) is 8.30. The number of rotatable bonds is 6. The standard InChI is InChI=1S/C24H27N5O4/c1-32-19-8-3-2-7-18(19)20-21(23(31)29(22(20)30)16-17-6-4-15-33-17)27-11-13-28(14-12-27)24-25-9-5-10-26-24/h2-3,5,7-10,17H,4,6,11-16H2,1H3. The van der Waals surface area contributed by atoms with E-state index in [0.29, 0.717) is 61.3 Å². The Hall–Kier alpha value is -3.46. The number of hydrogen-bond acceptors (Lipinski definition) is 8. The number of benzene rings is 1. The summed E-state index contributed by atoms with van der Waals surface area (Å²) >= 11 is 0. The molecule has 2 amide bonds. The minimum atomic E-state index is -0.288. The van der Waals surface area contributed by atoms with Crippen LogP contribution in [0.2, 0.25) is 0 Å². The fourth-order valence-corrected chi connectivity index (χ4v) is 4.69. The van der Waals surface area contributed by atoms with Crippen molar-refractivity contribution in [3.8, 4) is 5.75 Å². The van der Waals surface area contributed by atoms with Gasteiger partial charge in [-0.05, 0) is 25.0 Å². The van der Waals surface area contributed by atoms with Gasteiger partial charge in [-0.25, -0.2) is 9.97 Å². The highest BCUT2D eigenvalue weighted by atomic mass is 16.5. The molecule has 1 atom stereocenters. The van der Waals surface area contributed by atoms with Crippen LogP contribution in [0.15, 0.2) is 48.4 Å². The molecule has 1 unspecified atom stereocenters. The second kappa shape index (κ2) is 9.19. The largest absolute Gasteiger partial charge is 0.496 e. The van der Waals surface area contributed by atoms with Gasteiger partial charge in [-0.2, -0.15) is 0 Å². The van der Waals surface area contributed by atoms with E-state index in [1.54, 1.807) is 25.6 Å². The summed E-state index contributed by atoms with van der Waals surface area (Å²) in [6.45, 7) is 3.42. The van der Waals surface area contributed by atoms with E-state index < -0.39 is 0 Å². The van der Waals surface area contributed by atoms with Gasteiger partial charge in [0.2, 0.25) is 5.95 Å². The van der Waals surface area contributed by atoms with Crippen molar-refractivity contribution in [3.05, 3.63) is 54.0 Å². The molecule has 4 heterocycles. The van der Waals surface area contributed by atoms with E-state index in [2.05, 4.69) is 14.9 Å². The second-order valence-electron chi connectivity index (χ2n) is 8.30. The summed E-state index contributed by atoms with van der Waals surface area (Å²) in [6, 6.07) is 9.14. The number of para-hydroxylation sites is 1. The molecule has 9 nitrogen and oxygen atoms in total. The molecule has 0 radical (unpaired) electrons. The molecule has 1 aromatic carbocycles. The molecule has 2 fully saturated rings. The van der Waals surface area contributed by atoms with Crippen LogP contribution < -0.4 is 9.64 Å². The molecule has 9 heteroatoms. The van der Waals surface area contributed by atoms with Crippen molar-refractivity contribution in [2.24, 2.45) is 0 Å². The summed E-state index contributed by atoms with van der Waals surface area (Å²) in [5.74, 6) is 0.691. The van der Waals surface area contributed by atoms with Gasteiger partial charge in [-0.1, -0.05) is 18.2 Å². The number of anilines is 1. The first-order valence-corrected chi connectivity index (χ1v) is 11.3. The van der Waals surface area contributed by atoms with Crippen LogP contribution in [0.1, 0.15) is 18.4 Å². The van der Waals surface area contributed by atoms with E-state index in [1.807, 2.05) is 29.2 Å². The third-order valence-corrected chi connectivity index (χ3v) is 6.36. The van der Waals surface area contributed by atoms with Crippen molar-refractivity contribution in [2.45, 2.75) is 18.9 Å². The number of ether oxygens (including phenoxy) is 2. The van der Waals surface area contributed by atoms with E-state index in [9.17, 15) is 9.59 Å². The Morgan fingerprint density at radius 3 is 2.42 bits per heavy atom. The van der Waals surface area contributed by atoms with Crippen molar-refractivity contribution >= 4 is 23.3 Å². The normalized spacial score (nSPS) is 21.4. The number of imide groups is 1. The number of aromatic nitrogens is 2. The predicted octanol–water partition coefficient (Wildman–Crippen LogP) is 1.57. The smallest absolute Gasteiger partial charge is 0.277 e. The summed E-state index contributed by atoms with van der Waals surface area (Å²) in [4.78, 5) is 41.3. The fourth-order valence-electron chi connectivity index (χ4n) is 4.69. The van der Waals surface area contributed by atoms with Gasteiger partial charge in [0.05, 0.1) is 25.3 Å². The van der Waals surface area contributed by atoms with Crippen LogP contribution >= 0.6 is 0 Å². The molecule has 2 aromatic rings. The first kappa shape index (κ1) is 21.4. The highest BCUT2D eigenvalue weighted by molar-refractivity contribution is 6.36. The van der Waals surface area contributed by atoms with Crippen LogP contribution in [0, 0.1) is 0 Å². The first-order chi connectivity index (χ1) is 16.2. The maximum atomic E-state index is 13.6. The highest BCUT2D eigenvalue weighted by Crippen LogP contribution is 2.37. The molecule has 172 valence electrons. The quantitative estimate of drug-likeness (QED) is 0.614. The van der Waals surface area contributed by atoms with Crippen LogP contribution in [0.4, 0.5) is 5.95 Å². The zero-order valence-corrected chi connectivity index (χ0v) is 18.6. The number of carbonyl (C=O) groups is 2. The van der Waals surface area contributed by atoms with E-state index in [1.165, 1.54) is 4.90 Å². The highest BCUT2D eigenvalue weighted by Gasteiger charge is 2.44. The minimum absolute atomic E-state index is 0.108. The first-order valence-electron chi connectivity index (χ1n) is 11.3. The van der Waals surface area contributed by atoms with Gasteiger partial charge in [0.1, 0.15) is 11.4 Å². The Kier molecular flexibility index (Phi) is 5.95. The molecule has 0 bridgehead atoms. The third-order valence-electron chi connectivity index (χ3n) is 6.36. The van der Waals surface area contributed by atoms with Crippen LogP contribution in [0.5, 0.6) is 5.75 Å². The summed E-state index contributed by atoms with van der Waals surface area (Å²) in [7, 11) is 1.57. The van der Waals surface area contributed by atoms with Crippen molar-refractivity contribution in [3.63, 3.8) is 0 Å². The van der Waals surface area contributed by atoms with Crippen LogP contribution in [-0.4, -0.2) is 84.1 Å². The molecule has 1 aromatic heterocycles.